The van der Waals surface area contributed by atoms with Gasteiger partial charge in [0, 0.05) is 37.9 Å². The maximum absolute atomic E-state index is 12.4. The van der Waals surface area contributed by atoms with Crippen LogP contribution in [0.1, 0.15) is 32.3 Å². The maximum atomic E-state index is 12.4. The molecule has 0 saturated carbocycles. The Labute approximate surface area is 259 Å². The van der Waals surface area contributed by atoms with E-state index in [0.29, 0.717) is 34.7 Å². The lowest BCUT2D eigenvalue weighted by Gasteiger charge is -2.43. The number of aromatic nitrogens is 2. The molecule has 2 aromatic carbocycles. The number of nitrogens with one attached hydrogen (secondary N) is 3. The van der Waals surface area contributed by atoms with Crippen molar-refractivity contribution < 1.29 is 9.53 Å². The third-order valence-corrected chi connectivity index (χ3v) is 7.99. The molecule has 44 heavy (non-hydrogen) atoms. The van der Waals surface area contributed by atoms with Gasteiger partial charge in [0.2, 0.25) is 11.9 Å². The first kappa shape index (κ1) is 30.8. The fourth-order valence-corrected chi connectivity index (χ4v) is 5.62. The molecule has 0 radical (unpaired) electrons. The molecule has 1 aromatic heterocycles. The Hall–Kier alpha value is -4.66. The molecule has 1 amide bonds. The van der Waals surface area contributed by atoms with Crippen molar-refractivity contribution in [2.24, 2.45) is 0 Å². The summed E-state index contributed by atoms with van der Waals surface area (Å²) < 4.78 is 5.92. The number of nitriles is 1. The van der Waals surface area contributed by atoms with Gasteiger partial charge in [-0.05, 0) is 83.2 Å². The molecule has 0 spiro atoms. The van der Waals surface area contributed by atoms with Crippen LogP contribution in [-0.4, -0.2) is 84.1 Å². The van der Waals surface area contributed by atoms with Crippen LogP contribution in [0.4, 0.5) is 34.5 Å². The molecule has 0 aliphatic carbocycles. The Bertz CT molecular complexity index is 1500. The van der Waals surface area contributed by atoms with E-state index < -0.39 is 0 Å². The Kier molecular flexibility index (Phi) is 9.94. The maximum Gasteiger partial charge on any atom is 0.247 e. The highest BCUT2D eigenvalue weighted by Gasteiger charge is 2.27. The molecular weight excluding hydrogens is 554 g/mol. The highest BCUT2D eigenvalue weighted by Crippen LogP contribution is 2.33. The number of hydrogen-bond donors (Lipinski definition) is 3. The summed E-state index contributed by atoms with van der Waals surface area (Å²) in [6, 6.07) is 16.2. The van der Waals surface area contributed by atoms with Crippen molar-refractivity contribution in [2.75, 3.05) is 67.2 Å². The molecule has 11 heteroatoms. The summed E-state index contributed by atoms with van der Waals surface area (Å²) in [5, 5.41) is 19.1. The number of amides is 1. The van der Waals surface area contributed by atoms with Gasteiger partial charge in [-0.25, -0.2) is 4.98 Å². The second kappa shape index (κ2) is 14.2. The van der Waals surface area contributed by atoms with E-state index in [0.717, 1.165) is 45.0 Å². The molecule has 230 valence electrons. The van der Waals surface area contributed by atoms with E-state index in [2.05, 4.69) is 60.3 Å². The highest BCUT2D eigenvalue weighted by molar-refractivity contribution is 6.02. The summed E-state index contributed by atoms with van der Waals surface area (Å²) in [6.45, 7) is 13.7. The second-order valence-corrected chi connectivity index (χ2v) is 11.5. The first-order valence-corrected chi connectivity index (χ1v) is 15.1. The number of carbonyl (C=O) groups excluding carboxylic acids is 1. The first-order valence-electron chi connectivity index (χ1n) is 15.1. The molecule has 11 nitrogen and oxygen atoms in total. The standard InChI is InChI=1S/C33H41N9O2/c1-5-31(43)36-29-20-26(42-18-16-41(17-19-42)25-12-14-40(4)15-13-25)10-11-27(29)38-33-35-22-24(21-34)32(39-33)37-28-8-6-7-9-30(28)44-23(2)3/h5-11,20,22-23,25H,1,12-19H2,2-4H3,(H,36,43)(H2,35,37,38,39). The predicted molar refractivity (Wildman–Crippen MR) is 175 cm³/mol. The van der Waals surface area contributed by atoms with E-state index in [1.165, 1.54) is 25.1 Å². The first-order chi connectivity index (χ1) is 21.3. The van der Waals surface area contributed by atoms with Crippen LogP contribution in [0.25, 0.3) is 0 Å². The largest absolute Gasteiger partial charge is 0.489 e. The lowest BCUT2D eigenvalue weighted by Crippen LogP contribution is -2.53. The normalized spacial score (nSPS) is 16.3. The molecule has 3 N–H and O–H groups in total. The molecular formula is C33H41N9O2. The predicted octanol–water partition coefficient (Wildman–Crippen LogP) is 4.96. The van der Waals surface area contributed by atoms with Gasteiger partial charge in [0.05, 0.1) is 29.4 Å². The molecule has 0 atom stereocenters. The van der Waals surface area contributed by atoms with E-state index in [9.17, 15) is 10.1 Å². The Morgan fingerprint density at radius 2 is 1.80 bits per heavy atom. The number of piperazine rings is 1. The summed E-state index contributed by atoms with van der Waals surface area (Å²) >= 11 is 0. The highest BCUT2D eigenvalue weighted by atomic mass is 16.5. The number of carbonyl (C=O) groups is 1. The second-order valence-electron chi connectivity index (χ2n) is 11.5. The minimum absolute atomic E-state index is 0.0220. The smallest absolute Gasteiger partial charge is 0.247 e. The number of hydrogen-bond acceptors (Lipinski definition) is 10. The fraction of sp³-hybridized carbons (Fsp3) is 0.394. The van der Waals surface area contributed by atoms with Crippen LogP contribution >= 0.6 is 0 Å². The fourth-order valence-electron chi connectivity index (χ4n) is 5.62. The Balaban J connectivity index is 1.34. The van der Waals surface area contributed by atoms with Crippen LogP contribution in [0, 0.1) is 11.3 Å². The van der Waals surface area contributed by atoms with Gasteiger partial charge in [-0.3, -0.25) is 9.69 Å². The van der Waals surface area contributed by atoms with Crippen LogP contribution in [0.2, 0.25) is 0 Å². The summed E-state index contributed by atoms with van der Waals surface area (Å²) in [6.07, 6.45) is 5.13. The number of piperidine rings is 1. The van der Waals surface area contributed by atoms with Gasteiger partial charge in [-0.2, -0.15) is 10.2 Å². The molecule has 2 aliphatic rings. The van der Waals surface area contributed by atoms with Crippen molar-refractivity contribution in [3.05, 3.63) is 66.9 Å². The van der Waals surface area contributed by atoms with Gasteiger partial charge in [-0.1, -0.05) is 18.7 Å². The average Bonchev–Trinajstić information content (AvgIpc) is 3.03. The molecule has 0 bridgehead atoms. The third-order valence-electron chi connectivity index (χ3n) is 7.99. The summed E-state index contributed by atoms with van der Waals surface area (Å²) in [7, 11) is 2.20. The monoisotopic (exact) mass is 595 g/mol. The van der Waals surface area contributed by atoms with Gasteiger partial charge in [-0.15, -0.1) is 0 Å². The number of nitrogens with zero attached hydrogens (tertiary/aromatic N) is 6. The van der Waals surface area contributed by atoms with E-state index in [4.69, 9.17) is 4.74 Å². The van der Waals surface area contributed by atoms with Gasteiger partial charge < -0.3 is 30.5 Å². The Morgan fingerprint density at radius 3 is 2.50 bits per heavy atom. The number of anilines is 6. The molecule has 5 rings (SSSR count). The van der Waals surface area contributed by atoms with Gasteiger partial charge in [0.25, 0.3) is 0 Å². The number of likely N-dealkylation sites (tertiary alicyclic amines) is 1. The van der Waals surface area contributed by atoms with Gasteiger partial charge in [0.15, 0.2) is 5.82 Å². The molecule has 2 aliphatic heterocycles. The van der Waals surface area contributed by atoms with E-state index in [1.54, 1.807) is 0 Å². The number of rotatable bonds is 10. The SMILES string of the molecule is C=CC(=O)Nc1cc(N2CCN(C3CCN(C)CC3)CC2)ccc1Nc1ncc(C#N)c(Nc2ccccc2OC(C)C)n1. The average molecular weight is 596 g/mol. The number of para-hydroxylation sites is 2. The zero-order chi connectivity index (χ0) is 31.1. The van der Waals surface area contributed by atoms with E-state index in [-0.39, 0.29) is 23.5 Å². The van der Waals surface area contributed by atoms with Crippen molar-refractivity contribution >= 4 is 40.4 Å². The number of benzene rings is 2. The zero-order valence-corrected chi connectivity index (χ0v) is 25.7. The third kappa shape index (κ3) is 7.64. The molecule has 2 saturated heterocycles. The van der Waals surface area contributed by atoms with Crippen LogP contribution in [0.5, 0.6) is 5.75 Å². The minimum Gasteiger partial charge on any atom is -0.489 e. The number of ether oxygens (including phenoxy) is 1. The van der Waals surface area contributed by atoms with Gasteiger partial charge in [0.1, 0.15) is 17.4 Å². The zero-order valence-electron chi connectivity index (χ0n) is 25.7. The summed E-state index contributed by atoms with van der Waals surface area (Å²) in [5.74, 6) is 0.932. The van der Waals surface area contributed by atoms with Crippen molar-refractivity contribution in [3.63, 3.8) is 0 Å². The van der Waals surface area contributed by atoms with Crippen LogP contribution in [0.15, 0.2) is 61.3 Å². The van der Waals surface area contributed by atoms with Crippen LogP contribution in [0.3, 0.4) is 0 Å². The van der Waals surface area contributed by atoms with Crippen LogP contribution in [-0.2, 0) is 4.79 Å². The minimum atomic E-state index is -0.317. The summed E-state index contributed by atoms with van der Waals surface area (Å²) in [4.78, 5) is 28.7. The topological polar surface area (TPSA) is 122 Å². The Morgan fingerprint density at radius 1 is 1.05 bits per heavy atom. The molecule has 3 heterocycles. The summed E-state index contributed by atoms with van der Waals surface area (Å²) in [5.41, 5.74) is 3.20. The van der Waals surface area contributed by atoms with E-state index >= 15 is 0 Å². The quantitative estimate of drug-likeness (QED) is 0.277. The van der Waals surface area contributed by atoms with Crippen LogP contribution < -0.4 is 25.6 Å². The molecule has 2 fully saturated rings. The van der Waals surface area contributed by atoms with E-state index in [1.807, 2.05) is 56.3 Å². The van der Waals surface area contributed by atoms with Gasteiger partial charge >= 0.3 is 0 Å². The van der Waals surface area contributed by atoms with Crippen molar-refractivity contribution in [1.29, 1.82) is 5.26 Å². The lowest BCUT2D eigenvalue weighted by atomic mass is 10.0. The van der Waals surface area contributed by atoms with Crippen molar-refractivity contribution in [1.82, 2.24) is 19.8 Å². The van der Waals surface area contributed by atoms with Crippen molar-refractivity contribution in [3.8, 4) is 11.8 Å². The molecule has 0 unspecified atom stereocenters. The molecule has 3 aromatic rings. The lowest BCUT2D eigenvalue weighted by molar-refractivity contribution is -0.111. The van der Waals surface area contributed by atoms with Crippen molar-refractivity contribution in [2.45, 2.75) is 38.8 Å².